The molecule has 22 heavy (non-hydrogen) atoms. The van der Waals surface area contributed by atoms with Crippen molar-refractivity contribution in [3.63, 3.8) is 0 Å². The molecule has 0 saturated carbocycles. The summed E-state index contributed by atoms with van der Waals surface area (Å²) in [6.45, 7) is 16.4. The third-order valence-electron chi connectivity index (χ3n) is 3.66. The van der Waals surface area contributed by atoms with E-state index in [1.807, 2.05) is 19.1 Å². The lowest BCUT2D eigenvalue weighted by molar-refractivity contribution is 0.336. The quantitative estimate of drug-likeness (QED) is 0.750. The summed E-state index contributed by atoms with van der Waals surface area (Å²) in [7, 11) is -2.66. The van der Waals surface area contributed by atoms with Gasteiger partial charge in [0.2, 0.25) is 7.37 Å². The highest BCUT2D eigenvalue weighted by Gasteiger charge is 2.28. The summed E-state index contributed by atoms with van der Waals surface area (Å²) < 4.78 is 17.9. The van der Waals surface area contributed by atoms with Crippen LogP contribution in [0.15, 0.2) is 12.1 Å². The molecule has 0 saturated heterocycles. The minimum Gasteiger partial charge on any atom is -0.507 e. The molecule has 4 heteroatoms. The molecule has 0 aliphatic rings. The van der Waals surface area contributed by atoms with E-state index in [1.165, 1.54) is 0 Å². The minimum atomic E-state index is -2.66. The normalized spacial score (nSPS) is 15.6. The second-order valence-corrected chi connectivity index (χ2v) is 10.7. The first-order chi connectivity index (χ1) is 9.78. The average Bonchev–Trinajstić information content (AvgIpc) is 2.27. The molecule has 0 heterocycles. The molecule has 0 amide bonds. The van der Waals surface area contributed by atoms with Crippen molar-refractivity contribution in [3.8, 4) is 5.75 Å². The van der Waals surface area contributed by atoms with E-state index < -0.39 is 7.37 Å². The maximum Gasteiger partial charge on any atom is 0.204 e. The number of aromatic hydroxyl groups is 1. The molecule has 1 aromatic rings. The summed E-state index contributed by atoms with van der Waals surface area (Å²) in [6.07, 6.45) is 0.396. The fourth-order valence-electron chi connectivity index (χ4n) is 2.58. The lowest BCUT2D eigenvalue weighted by Crippen LogP contribution is -2.18. The number of benzene rings is 1. The average molecular weight is 326 g/mol. The van der Waals surface area contributed by atoms with Gasteiger partial charge in [0.15, 0.2) is 0 Å². The van der Waals surface area contributed by atoms with Gasteiger partial charge in [-0.15, -0.1) is 0 Å². The molecule has 0 bridgehead atoms. The highest BCUT2D eigenvalue weighted by molar-refractivity contribution is 7.57. The van der Waals surface area contributed by atoms with Crippen LogP contribution in [0.4, 0.5) is 0 Å². The van der Waals surface area contributed by atoms with E-state index in [4.69, 9.17) is 4.52 Å². The Kier molecular flexibility index (Phi) is 5.58. The summed E-state index contributed by atoms with van der Waals surface area (Å²) in [6, 6.07) is 3.94. The van der Waals surface area contributed by atoms with Gasteiger partial charge in [-0.2, -0.15) is 0 Å². The van der Waals surface area contributed by atoms with Gasteiger partial charge in [0.1, 0.15) is 5.75 Å². The van der Waals surface area contributed by atoms with Crippen molar-refractivity contribution in [2.45, 2.75) is 65.5 Å². The SMILES string of the molecule is CCOP(C)(=O)Cc1cc(C(C)(C)C)c(O)c(C(C)(C)C)c1. The van der Waals surface area contributed by atoms with Crippen LogP contribution in [0.3, 0.4) is 0 Å². The molecule has 1 aromatic carbocycles. The topological polar surface area (TPSA) is 46.5 Å². The fourth-order valence-corrected chi connectivity index (χ4v) is 4.06. The second-order valence-electron chi connectivity index (χ2n) is 8.13. The highest BCUT2D eigenvalue weighted by Crippen LogP contribution is 2.48. The Balaban J connectivity index is 3.45. The van der Waals surface area contributed by atoms with Gasteiger partial charge in [0, 0.05) is 12.8 Å². The summed E-state index contributed by atoms with van der Waals surface area (Å²) >= 11 is 0. The third-order valence-corrected chi connectivity index (χ3v) is 5.40. The van der Waals surface area contributed by atoms with Crippen LogP contribution in [-0.2, 0) is 26.1 Å². The van der Waals surface area contributed by atoms with Crippen LogP contribution in [0.25, 0.3) is 0 Å². The van der Waals surface area contributed by atoms with Crippen molar-refractivity contribution in [3.05, 3.63) is 28.8 Å². The fraction of sp³-hybridized carbons (Fsp3) is 0.667. The zero-order valence-electron chi connectivity index (χ0n) is 15.3. The summed E-state index contributed by atoms with van der Waals surface area (Å²) in [5.41, 5.74) is 2.40. The lowest BCUT2D eigenvalue weighted by atomic mass is 9.78. The van der Waals surface area contributed by atoms with Crippen LogP contribution < -0.4 is 0 Å². The van der Waals surface area contributed by atoms with Gasteiger partial charge >= 0.3 is 0 Å². The molecule has 126 valence electrons. The number of phenolic OH excluding ortho intramolecular Hbond substituents is 1. The molecule has 0 aliphatic heterocycles. The Bertz CT molecular complexity index is 542. The lowest BCUT2D eigenvalue weighted by Gasteiger charge is -2.28. The van der Waals surface area contributed by atoms with Gasteiger partial charge in [-0.3, -0.25) is 4.57 Å². The molecule has 1 unspecified atom stereocenters. The maximum absolute atomic E-state index is 12.5. The van der Waals surface area contributed by atoms with Crippen molar-refractivity contribution in [2.24, 2.45) is 0 Å². The molecule has 0 aromatic heterocycles. The van der Waals surface area contributed by atoms with Crippen LogP contribution in [0.5, 0.6) is 5.75 Å². The van der Waals surface area contributed by atoms with Crippen molar-refractivity contribution in [2.75, 3.05) is 13.3 Å². The Morgan fingerprint density at radius 1 is 1.05 bits per heavy atom. The molecule has 0 spiro atoms. The van der Waals surface area contributed by atoms with Gasteiger partial charge in [-0.1, -0.05) is 53.7 Å². The predicted octanol–water partition coefficient (Wildman–Crippen LogP) is 5.43. The predicted molar refractivity (Wildman–Crippen MR) is 94.4 cm³/mol. The molecule has 1 rings (SSSR count). The Morgan fingerprint density at radius 2 is 1.45 bits per heavy atom. The van der Waals surface area contributed by atoms with Crippen LogP contribution in [0.1, 0.15) is 65.2 Å². The minimum absolute atomic E-state index is 0.177. The van der Waals surface area contributed by atoms with Crippen molar-refractivity contribution in [1.82, 2.24) is 0 Å². The first-order valence-corrected chi connectivity index (χ1v) is 10.1. The number of hydrogen-bond acceptors (Lipinski definition) is 3. The van der Waals surface area contributed by atoms with E-state index in [-0.39, 0.29) is 10.8 Å². The third kappa shape index (κ3) is 4.86. The largest absolute Gasteiger partial charge is 0.507 e. The van der Waals surface area contributed by atoms with E-state index in [2.05, 4.69) is 41.5 Å². The van der Waals surface area contributed by atoms with Crippen LogP contribution >= 0.6 is 7.37 Å². The van der Waals surface area contributed by atoms with E-state index in [1.54, 1.807) is 6.66 Å². The van der Waals surface area contributed by atoms with Crippen LogP contribution in [0, 0.1) is 0 Å². The van der Waals surface area contributed by atoms with Crippen molar-refractivity contribution in [1.29, 1.82) is 0 Å². The number of hydrogen-bond donors (Lipinski definition) is 1. The number of rotatable bonds is 4. The van der Waals surface area contributed by atoms with Gasteiger partial charge < -0.3 is 9.63 Å². The molecular formula is C18H31O3P. The molecule has 1 N–H and O–H groups in total. The Hall–Kier alpha value is -0.790. The van der Waals surface area contributed by atoms with Crippen molar-refractivity contribution < 1.29 is 14.2 Å². The monoisotopic (exact) mass is 326 g/mol. The summed E-state index contributed by atoms with van der Waals surface area (Å²) in [5, 5.41) is 10.7. The first kappa shape index (κ1) is 19.3. The molecule has 0 aliphatic carbocycles. The molecule has 0 fully saturated rings. The zero-order chi connectivity index (χ0) is 17.3. The van der Waals surface area contributed by atoms with Gasteiger partial charge in [-0.25, -0.2) is 0 Å². The smallest absolute Gasteiger partial charge is 0.204 e. The molecular weight excluding hydrogens is 295 g/mol. The van der Waals surface area contributed by atoms with E-state index >= 15 is 0 Å². The molecule has 1 atom stereocenters. The van der Waals surface area contributed by atoms with E-state index in [0.29, 0.717) is 18.5 Å². The van der Waals surface area contributed by atoms with Crippen molar-refractivity contribution >= 4 is 7.37 Å². The molecule has 3 nitrogen and oxygen atoms in total. The van der Waals surface area contributed by atoms with Crippen LogP contribution in [-0.4, -0.2) is 18.4 Å². The zero-order valence-corrected chi connectivity index (χ0v) is 16.2. The Morgan fingerprint density at radius 3 is 1.77 bits per heavy atom. The van der Waals surface area contributed by atoms with Gasteiger partial charge in [0.05, 0.1) is 6.61 Å². The summed E-state index contributed by atoms with van der Waals surface area (Å²) in [5.74, 6) is 0.353. The van der Waals surface area contributed by atoms with E-state index in [9.17, 15) is 9.67 Å². The van der Waals surface area contributed by atoms with Gasteiger partial charge in [-0.05, 0) is 34.4 Å². The van der Waals surface area contributed by atoms with Crippen LogP contribution in [0.2, 0.25) is 0 Å². The second kappa shape index (κ2) is 6.37. The van der Waals surface area contributed by atoms with E-state index in [0.717, 1.165) is 16.7 Å². The Labute approximate surface area is 135 Å². The van der Waals surface area contributed by atoms with Gasteiger partial charge in [0.25, 0.3) is 0 Å². The first-order valence-electron chi connectivity index (χ1n) is 7.86. The summed E-state index contributed by atoms with van der Waals surface area (Å²) in [4.78, 5) is 0. The molecule has 0 radical (unpaired) electrons. The highest BCUT2D eigenvalue weighted by atomic mass is 31.2. The number of phenols is 1. The maximum atomic E-state index is 12.5. The standard InChI is InChI=1S/C18H31O3P/c1-9-21-22(8,20)12-13-10-14(17(2,3)4)16(19)15(11-13)18(5,6)7/h10-11,19H,9,12H2,1-8H3.